The molecule has 0 amide bonds. The molecule has 0 aliphatic heterocycles. The molecule has 2 nitrogen and oxygen atoms in total. The highest BCUT2D eigenvalue weighted by Gasteiger charge is 2.09. The van der Waals surface area contributed by atoms with Crippen LogP contribution in [0.2, 0.25) is 5.02 Å². The van der Waals surface area contributed by atoms with Crippen molar-refractivity contribution in [3.05, 3.63) is 57.3 Å². The first-order valence-corrected chi connectivity index (χ1v) is 7.27. The molecule has 5 heteroatoms. The van der Waals surface area contributed by atoms with Crippen LogP contribution in [-0.4, -0.2) is 7.05 Å². The van der Waals surface area contributed by atoms with Crippen molar-refractivity contribution >= 4 is 27.5 Å². The quantitative estimate of drug-likeness (QED) is 0.799. The Bertz CT molecular complexity index is 601. The molecule has 0 aliphatic carbocycles. The Morgan fingerprint density at radius 1 is 1.20 bits per heavy atom. The first-order chi connectivity index (χ1) is 9.49. The van der Waals surface area contributed by atoms with Gasteiger partial charge in [0.1, 0.15) is 17.3 Å². The number of nitrogens with one attached hydrogen (secondary N) is 1. The van der Waals surface area contributed by atoms with E-state index in [0.29, 0.717) is 21.0 Å². The second-order valence-corrected chi connectivity index (χ2v) is 5.72. The normalized spacial score (nSPS) is 12.2. The van der Waals surface area contributed by atoms with Crippen molar-refractivity contribution in [1.82, 2.24) is 5.32 Å². The summed E-state index contributed by atoms with van der Waals surface area (Å²) in [7, 11) is 1.87. The summed E-state index contributed by atoms with van der Waals surface area (Å²) in [4.78, 5) is 0. The Kier molecular flexibility index (Phi) is 5.02. The molecule has 0 heterocycles. The van der Waals surface area contributed by atoms with E-state index in [1.165, 1.54) is 12.1 Å². The van der Waals surface area contributed by atoms with Crippen LogP contribution >= 0.6 is 27.5 Å². The fraction of sp³-hybridized carbons (Fsp3) is 0.200. The monoisotopic (exact) mass is 357 g/mol. The summed E-state index contributed by atoms with van der Waals surface area (Å²) in [5.41, 5.74) is 0.988. The summed E-state index contributed by atoms with van der Waals surface area (Å²) in [6.07, 6.45) is 0. The predicted molar refractivity (Wildman–Crippen MR) is 83.1 cm³/mol. The zero-order valence-electron chi connectivity index (χ0n) is 11.1. The van der Waals surface area contributed by atoms with Gasteiger partial charge in [0.2, 0.25) is 0 Å². The van der Waals surface area contributed by atoms with Crippen LogP contribution in [-0.2, 0) is 0 Å². The van der Waals surface area contributed by atoms with Gasteiger partial charge in [-0.05, 0) is 43.8 Å². The van der Waals surface area contributed by atoms with E-state index in [1.54, 1.807) is 12.1 Å². The van der Waals surface area contributed by atoms with Crippen molar-refractivity contribution in [2.45, 2.75) is 13.0 Å². The molecule has 0 saturated heterocycles. The molecule has 20 heavy (non-hydrogen) atoms. The molecule has 2 aromatic rings. The van der Waals surface area contributed by atoms with Gasteiger partial charge >= 0.3 is 0 Å². The van der Waals surface area contributed by atoms with E-state index in [9.17, 15) is 4.39 Å². The smallest absolute Gasteiger partial charge is 0.131 e. The largest absolute Gasteiger partial charge is 0.457 e. The average Bonchev–Trinajstić information content (AvgIpc) is 2.36. The van der Waals surface area contributed by atoms with Gasteiger partial charge in [-0.3, -0.25) is 0 Å². The van der Waals surface area contributed by atoms with E-state index in [-0.39, 0.29) is 11.9 Å². The van der Waals surface area contributed by atoms with Crippen LogP contribution < -0.4 is 10.1 Å². The molecule has 0 fully saturated rings. The summed E-state index contributed by atoms with van der Waals surface area (Å²) >= 11 is 9.45. The van der Waals surface area contributed by atoms with Crippen molar-refractivity contribution < 1.29 is 9.13 Å². The second kappa shape index (κ2) is 6.57. The number of rotatable bonds is 4. The summed E-state index contributed by atoms with van der Waals surface area (Å²) < 4.78 is 19.5. The molecule has 2 aromatic carbocycles. The molecule has 0 saturated carbocycles. The SMILES string of the molecule is CNC(C)c1ccc(Oc2cc(F)cc(Br)c2)cc1Cl. The van der Waals surface area contributed by atoms with Crippen molar-refractivity contribution in [3.63, 3.8) is 0 Å². The highest BCUT2D eigenvalue weighted by Crippen LogP contribution is 2.31. The Balaban J connectivity index is 2.24. The van der Waals surface area contributed by atoms with Crippen LogP contribution in [0.15, 0.2) is 40.9 Å². The van der Waals surface area contributed by atoms with Gasteiger partial charge in [0.05, 0.1) is 0 Å². The van der Waals surface area contributed by atoms with Gasteiger partial charge < -0.3 is 10.1 Å². The van der Waals surface area contributed by atoms with Crippen molar-refractivity contribution in [3.8, 4) is 11.5 Å². The lowest BCUT2D eigenvalue weighted by atomic mass is 10.1. The Hall–Kier alpha value is -1.10. The molecule has 0 aliphatic rings. The van der Waals surface area contributed by atoms with Crippen LogP contribution in [0.4, 0.5) is 4.39 Å². The minimum absolute atomic E-state index is 0.153. The van der Waals surface area contributed by atoms with Gasteiger partial charge in [-0.2, -0.15) is 0 Å². The maximum Gasteiger partial charge on any atom is 0.131 e. The molecule has 0 aromatic heterocycles. The average molecular weight is 359 g/mol. The van der Waals surface area contributed by atoms with Crippen LogP contribution in [0.5, 0.6) is 11.5 Å². The fourth-order valence-electron chi connectivity index (χ4n) is 1.80. The second-order valence-electron chi connectivity index (χ2n) is 4.40. The number of halogens is 3. The molecule has 1 atom stereocenters. The molecular weight excluding hydrogens is 345 g/mol. The molecular formula is C15H14BrClFNO. The Morgan fingerprint density at radius 2 is 1.95 bits per heavy atom. The van der Waals surface area contributed by atoms with Gasteiger partial charge in [-0.1, -0.05) is 33.6 Å². The van der Waals surface area contributed by atoms with Gasteiger partial charge in [-0.25, -0.2) is 4.39 Å². The zero-order valence-corrected chi connectivity index (χ0v) is 13.4. The van der Waals surface area contributed by atoms with Crippen molar-refractivity contribution in [2.24, 2.45) is 0 Å². The summed E-state index contributed by atoms with van der Waals surface area (Å²) in [5, 5.41) is 3.74. The Labute approximate surface area is 131 Å². The van der Waals surface area contributed by atoms with Crippen LogP contribution in [0, 0.1) is 5.82 Å². The number of hydrogen-bond acceptors (Lipinski definition) is 2. The number of hydrogen-bond donors (Lipinski definition) is 1. The van der Waals surface area contributed by atoms with Gasteiger partial charge in [0.15, 0.2) is 0 Å². The highest BCUT2D eigenvalue weighted by atomic mass is 79.9. The molecule has 0 bridgehead atoms. The Morgan fingerprint density at radius 3 is 2.55 bits per heavy atom. The molecule has 1 N–H and O–H groups in total. The number of benzene rings is 2. The molecule has 0 radical (unpaired) electrons. The van der Waals surface area contributed by atoms with E-state index in [0.717, 1.165) is 5.56 Å². The van der Waals surface area contributed by atoms with Gasteiger partial charge in [0, 0.05) is 21.6 Å². The molecule has 2 rings (SSSR count). The maximum atomic E-state index is 13.3. The molecule has 0 spiro atoms. The van der Waals surface area contributed by atoms with E-state index in [2.05, 4.69) is 21.2 Å². The van der Waals surface area contributed by atoms with E-state index < -0.39 is 0 Å². The maximum absolute atomic E-state index is 13.3. The molecule has 106 valence electrons. The third kappa shape index (κ3) is 3.72. The van der Waals surface area contributed by atoms with Gasteiger partial charge in [-0.15, -0.1) is 0 Å². The number of ether oxygens (including phenoxy) is 1. The lowest BCUT2D eigenvalue weighted by Crippen LogP contribution is -2.12. The predicted octanol–water partition coefficient (Wildman–Crippen LogP) is 5.31. The minimum atomic E-state index is -0.360. The standard InChI is InChI=1S/C15H14BrClFNO/c1-9(19-2)14-4-3-12(8-15(14)17)20-13-6-10(16)5-11(18)7-13/h3-9,19H,1-2H3. The van der Waals surface area contributed by atoms with Gasteiger partial charge in [0.25, 0.3) is 0 Å². The topological polar surface area (TPSA) is 21.3 Å². The lowest BCUT2D eigenvalue weighted by molar-refractivity contribution is 0.475. The zero-order chi connectivity index (χ0) is 14.7. The van der Waals surface area contributed by atoms with Crippen molar-refractivity contribution in [2.75, 3.05) is 7.05 Å². The van der Waals surface area contributed by atoms with Crippen LogP contribution in [0.1, 0.15) is 18.5 Å². The third-order valence-corrected chi connectivity index (χ3v) is 3.73. The lowest BCUT2D eigenvalue weighted by Gasteiger charge is -2.14. The first-order valence-electron chi connectivity index (χ1n) is 6.10. The van der Waals surface area contributed by atoms with Crippen LogP contribution in [0.25, 0.3) is 0 Å². The van der Waals surface area contributed by atoms with E-state index >= 15 is 0 Å². The van der Waals surface area contributed by atoms with Crippen LogP contribution in [0.3, 0.4) is 0 Å². The van der Waals surface area contributed by atoms with Crippen molar-refractivity contribution in [1.29, 1.82) is 0 Å². The summed E-state index contributed by atoms with van der Waals surface area (Å²) in [6, 6.07) is 9.98. The molecule has 1 unspecified atom stereocenters. The summed E-state index contributed by atoms with van der Waals surface area (Å²) in [6.45, 7) is 2.02. The van der Waals surface area contributed by atoms with E-state index in [4.69, 9.17) is 16.3 Å². The highest BCUT2D eigenvalue weighted by molar-refractivity contribution is 9.10. The van der Waals surface area contributed by atoms with E-state index in [1.807, 2.05) is 26.1 Å². The summed E-state index contributed by atoms with van der Waals surface area (Å²) in [5.74, 6) is 0.628. The first kappa shape index (κ1) is 15.3. The third-order valence-electron chi connectivity index (χ3n) is 2.94. The fourth-order valence-corrected chi connectivity index (χ4v) is 2.58. The minimum Gasteiger partial charge on any atom is -0.457 e.